The zero-order chi connectivity index (χ0) is 18.5. The molecule has 26 heavy (non-hydrogen) atoms. The molecule has 4 rings (SSSR count). The Labute approximate surface area is 145 Å². The molecular formula is C19H13F4N3. The molecule has 0 unspecified atom stereocenters. The van der Waals surface area contributed by atoms with Gasteiger partial charge in [0, 0.05) is 34.8 Å². The Hall–Kier alpha value is -3.09. The van der Waals surface area contributed by atoms with Gasteiger partial charge in [-0.25, -0.2) is 4.39 Å². The second kappa shape index (κ2) is 5.72. The summed E-state index contributed by atoms with van der Waals surface area (Å²) in [4.78, 5) is 3.13. The first-order valence-corrected chi connectivity index (χ1v) is 7.82. The molecule has 0 aliphatic rings. The van der Waals surface area contributed by atoms with Crippen LogP contribution in [0.2, 0.25) is 0 Å². The lowest BCUT2D eigenvalue weighted by atomic mass is 10.1. The molecule has 2 aromatic heterocycles. The third kappa shape index (κ3) is 2.75. The molecule has 0 saturated heterocycles. The molecule has 0 spiro atoms. The van der Waals surface area contributed by atoms with E-state index < -0.39 is 11.9 Å². The zero-order valence-corrected chi connectivity index (χ0v) is 13.6. The van der Waals surface area contributed by atoms with E-state index in [-0.39, 0.29) is 5.82 Å². The van der Waals surface area contributed by atoms with Crippen LogP contribution in [0, 0.1) is 5.82 Å². The van der Waals surface area contributed by atoms with Crippen molar-refractivity contribution in [2.45, 2.75) is 6.18 Å². The monoisotopic (exact) mass is 359 g/mol. The molecule has 0 atom stereocenters. The Kier molecular flexibility index (Phi) is 3.61. The molecular weight excluding hydrogens is 346 g/mol. The van der Waals surface area contributed by atoms with Gasteiger partial charge in [-0.15, -0.1) is 0 Å². The second-order valence-electron chi connectivity index (χ2n) is 6.00. The Morgan fingerprint density at radius 1 is 1.00 bits per heavy atom. The third-order valence-electron chi connectivity index (χ3n) is 4.25. The predicted octanol–water partition coefficient (Wildman–Crippen LogP) is 5.39. The smallest absolute Gasteiger partial charge is 0.354 e. The summed E-state index contributed by atoms with van der Waals surface area (Å²) in [7, 11) is 1.47. The molecule has 0 radical (unpaired) electrons. The minimum absolute atomic E-state index is 0.347. The number of hydrogen-bond donors (Lipinski definition) is 1. The van der Waals surface area contributed by atoms with Crippen molar-refractivity contribution in [1.82, 2.24) is 14.8 Å². The summed E-state index contributed by atoms with van der Waals surface area (Å²) in [5.41, 5.74) is 1.83. The van der Waals surface area contributed by atoms with E-state index in [1.165, 1.54) is 17.8 Å². The van der Waals surface area contributed by atoms with Gasteiger partial charge in [-0.05, 0) is 36.4 Å². The summed E-state index contributed by atoms with van der Waals surface area (Å²) in [5.74, 6) is -0.347. The topological polar surface area (TPSA) is 33.6 Å². The highest BCUT2D eigenvalue weighted by molar-refractivity contribution is 5.89. The summed E-state index contributed by atoms with van der Waals surface area (Å²) in [6.45, 7) is 0. The van der Waals surface area contributed by atoms with Gasteiger partial charge in [0.15, 0.2) is 5.69 Å². The van der Waals surface area contributed by atoms with Crippen LogP contribution in [0.4, 0.5) is 17.6 Å². The van der Waals surface area contributed by atoms with Crippen molar-refractivity contribution in [2.75, 3.05) is 0 Å². The van der Waals surface area contributed by atoms with Crippen LogP contribution in [0.25, 0.3) is 33.4 Å². The second-order valence-corrected chi connectivity index (χ2v) is 6.00. The number of nitrogens with zero attached hydrogens (tertiary/aromatic N) is 2. The SMILES string of the molecule is Cn1nc(C(F)(F)F)cc1-c1ccc2[nH]c(-c3ccccc3F)cc2c1. The number of halogens is 4. The van der Waals surface area contributed by atoms with Crippen LogP contribution in [0.3, 0.4) is 0 Å². The highest BCUT2D eigenvalue weighted by atomic mass is 19.4. The fourth-order valence-corrected chi connectivity index (χ4v) is 2.99. The van der Waals surface area contributed by atoms with Crippen molar-refractivity contribution in [3.05, 3.63) is 66.1 Å². The highest BCUT2D eigenvalue weighted by Crippen LogP contribution is 2.33. The molecule has 2 heterocycles. The van der Waals surface area contributed by atoms with Gasteiger partial charge in [0.2, 0.25) is 0 Å². The largest absolute Gasteiger partial charge is 0.435 e. The van der Waals surface area contributed by atoms with Crippen LogP contribution in [0.15, 0.2) is 54.6 Å². The van der Waals surface area contributed by atoms with Crippen LogP contribution >= 0.6 is 0 Å². The Morgan fingerprint density at radius 2 is 1.77 bits per heavy atom. The lowest BCUT2D eigenvalue weighted by Crippen LogP contribution is -2.06. The predicted molar refractivity (Wildman–Crippen MR) is 90.9 cm³/mol. The van der Waals surface area contributed by atoms with Crippen molar-refractivity contribution in [2.24, 2.45) is 7.05 Å². The molecule has 132 valence electrons. The van der Waals surface area contributed by atoms with E-state index in [4.69, 9.17) is 0 Å². The van der Waals surface area contributed by atoms with Crippen LogP contribution < -0.4 is 0 Å². The van der Waals surface area contributed by atoms with Crippen LogP contribution in [0.5, 0.6) is 0 Å². The van der Waals surface area contributed by atoms with Crippen molar-refractivity contribution >= 4 is 10.9 Å². The van der Waals surface area contributed by atoms with E-state index in [0.717, 1.165) is 17.0 Å². The maximum atomic E-state index is 14.0. The maximum Gasteiger partial charge on any atom is 0.435 e. The molecule has 1 N–H and O–H groups in total. The number of rotatable bonds is 2. The summed E-state index contributed by atoms with van der Waals surface area (Å²) in [5, 5.41) is 4.31. The Balaban J connectivity index is 1.80. The number of alkyl halides is 3. The minimum atomic E-state index is -4.49. The number of H-pyrrole nitrogens is 1. The number of nitrogens with one attached hydrogen (secondary N) is 1. The van der Waals surface area contributed by atoms with Crippen LogP contribution in [-0.2, 0) is 13.2 Å². The number of hydrogen-bond acceptors (Lipinski definition) is 1. The lowest BCUT2D eigenvalue weighted by Gasteiger charge is -2.01. The molecule has 7 heteroatoms. The van der Waals surface area contributed by atoms with E-state index in [1.807, 2.05) is 0 Å². The number of benzene rings is 2. The highest BCUT2D eigenvalue weighted by Gasteiger charge is 2.34. The van der Waals surface area contributed by atoms with Crippen molar-refractivity contribution in [3.8, 4) is 22.5 Å². The fraction of sp³-hybridized carbons (Fsp3) is 0.105. The van der Waals surface area contributed by atoms with Crippen molar-refractivity contribution in [3.63, 3.8) is 0 Å². The minimum Gasteiger partial charge on any atom is -0.354 e. The van der Waals surface area contributed by atoms with E-state index in [1.54, 1.807) is 42.5 Å². The van der Waals surface area contributed by atoms with Gasteiger partial charge in [0.1, 0.15) is 5.82 Å². The maximum absolute atomic E-state index is 14.0. The van der Waals surface area contributed by atoms with Crippen molar-refractivity contribution in [1.29, 1.82) is 0 Å². The summed E-state index contributed by atoms with van der Waals surface area (Å²) >= 11 is 0. The van der Waals surface area contributed by atoms with E-state index in [9.17, 15) is 17.6 Å². The van der Waals surface area contributed by atoms with Gasteiger partial charge in [-0.3, -0.25) is 4.68 Å². The average Bonchev–Trinajstić information content (AvgIpc) is 3.17. The third-order valence-corrected chi connectivity index (χ3v) is 4.25. The van der Waals surface area contributed by atoms with E-state index >= 15 is 0 Å². The van der Waals surface area contributed by atoms with Gasteiger partial charge in [-0.1, -0.05) is 18.2 Å². The molecule has 2 aromatic carbocycles. The first-order valence-electron chi connectivity index (χ1n) is 7.82. The van der Waals surface area contributed by atoms with Gasteiger partial charge in [0.05, 0.1) is 5.69 Å². The van der Waals surface area contributed by atoms with Gasteiger partial charge in [-0.2, -0.15) is 18.3 Å². The molecule has 0 aliphatic carbocycles. The number of fused-ring (bicyclic) bond motifs is 1. The van der Waals surface area contributed by atoms with Crippen LogP contribution in [-0.4, -0.2) is 14.8 Å². The Morgan fingerprint density at radius 3 is 2.46 bits per heavy atom. The van der Waals surface area contributed by atoms with Crippen LogP contribution in [0.1, 0.15) is 5.69 Å². The van der Waals surface area contributed by atoms with Gasteiger partial charge in [0.25, 0.3) is 0 Å². The Bertz CT molecular complexity index is 1110. The summed E-state index contributed by atoms with van der Waals surface area (Å²) in [6.07, 6.45) is -4.49. The van der Waals surface area contributed by atoms with E-state index in [0.29, 0.717) is 22.5 Å². The summed E-state index contributed by atoms with van der Waals surface area (Å²) in [6, 6.07) is 14.4. The first kappa shape index (κ1) is 16.4. The van der Waals surface area contributed by atoms with Crippen molar-refractivity contribution < 1.29 is 17.6 Å². The zero-order valence-electron chi connectivity index (χ0n) is 13.6. The van der Waals surface area contributed by atoms with Gasteiger partial charge >= 0.3 is 6.18 Å². The average molecular weight is 359 g/mol. The normalized spacial score (nSPS) is 12.0. The molecule has 3 nitrogen and oxygen atoms in total. The van der Waals surface area contributed by atoms with Gasteiger partial charge < -0.3 is 4.98 Å². The number of aromatic amines is 1. The molecule has 0 fully saturated rings. The molecule has 4 aromatic rings. The molecule has 0 saturated carbocycles. The number of aromatic nitrogens is 3. The standard InChI is InChI=1S/C19H13F4N3/c1-26-17(10-18(25-26)19(21,22)23)11-6-7-15-12(8-11)9-16(24-15)13-4-2-3-5-14(13)20/h2-10,24H,1H3. The lowest BCUT2D eigenvalue weighted by molar-refractivity contribution is -0.141. The molecule has 0 amide bonds. The fourth-order valence-electron chi connectivity index (χ4n) is 2.99. The number of aryl methyl sites for hydroxylation is 1. The summed E-state index contributed by atoms with van der Waals surface area (Å²) < 4.78 is 53.8. The van der Waals surface area contributed by atoms with E-state index in [2.05, 4.69) is 10.1 Å². The quantitative estimate of drug-likeness (QED) is 0.478. The first-order chi connectivity index (χ1) is 12.3. The molecule has 0 aliphatic heterocycles. The molecule has 0 bridgehead atoms.